The predicted octanol–water partition coefficient (Wildman–Crippen LogP) is 4.89. The highest BCUT2D eigenvalue weighted by atomic mass is 35.5. The van der Waals surface area contributed by atoms with Crippen molar-refractivity contribution in [3.05, 3.63) is 21.3 Å². The van der Waals surface area contributed by atoms with Gasteiger partial charge < -0.3 is 15.4 Å². The number of rotatable bonds is 4. The third kappa shape index (κ3) is 6.32. The molecule has 0 bridgehead atoms. The summed E-state index contributed by atoms with van der Waals surface area (Å²) >= 11 is 7.63. The van der Waals surface area contributed by atoms with Gasteiger partial charge in [0.05, 0.1) is 4.34 Å². The molecule has 1 heterocycles. The van der Waals surface area contributed by atoms with Gasteiger partial charge in [-0.2, -0.15) is 0 Å². The summed E-state index contributed by atoms with van der Waals surface area (Å²) in [6.07, 6.45) is 3.77. The van der Waals surface area contributed by atoms with Gasteiger partial charge in [0.1, 0.15) is 5.60 Å². The number of carbonyl (C=O) groups is 1. The first-order chi connectivity index (χ1) is 10.7. The third-order valence-electron chi connectivity index (χ3n) is 3.95. The normalized spacial score (nSPS) is 23.3. The predicted molar refractivity (Wildman–Crippen MR) is 96.3 cm³/mol. The van der Waals surface area contributed by atoms with Gasteiger partial charge in [-0.15, -0.1) is 11.3 Å². The number of ether oxygens (including phenoxy) is 1. The van der Waals surface area contributed by atoms with Crippen LogP contribution < -0.4 is 10.6 Å². The van der Waals surface area contributed by atoms with Crippen LogP contribution in [-0.2, 0) is 4.74 Å². The van der Waals surface area contributed by atoms with Crippen LogP contribution in [0.2, 0.25) is 4.34 Å². The summed E-state index contributed by atoms with van der Waals surface area (Å²) in [5.74, 6) is 0. The minimum atomic E-state index is -0.444. The highest BCUT2D eigenvalue weighted by Crippen LogP contribution is 2.28. The van der Waals surface area contributed by atoms with Crippen molar-refractivity contribution >= 4 is 29.0 Å². The average Bonchev–Trinajstić information content (AvgIpc) is 2.85. The number of amides is 1. The molecule has 6 heteroatoms. The molecule has 0 saturated heterocycles. The SMILES string of the molecule is CC(NC1CCC(NC(=O)OC(C)(C)C)CC1)c1ccc(Cl)s1. The number of halogens is 1. The summed E-state index contributed by atoms with van der Waals surface area (Å²) < 4.78 is 6.15. The van der Waals surface area contributed by atoms with E-state index in [1.54, 1.807) is 11.3 Å². The summed E-state index contributed by atoms with van der Waals surface area (Å²) in [5.41, 5.74) is -0.444. The van der Waals surface area contributed by atoms with Crippen LogP contribution >= 0.6 is 22.9 Å². The lowest BCUT2D eigenvalue weighted by molar-refractivity contribution is 0.0489. The molecule has 1 aromatic rings. The Morgan fingerprint density at radius 3 is 2.39 bits per heavy atom. The maximum absolute atomic E-state index is 11.8. The van der Waals surface area contributed by atoms with Gasteiger partial charge in [0, 0.05) is 23.0 Å². The van der Waals surface area contributed by atoms with Crippen LogP contribution in [0.15, 0.2) is 12.1 Å². The Balaban J connectivity index is 1.72. The highest BCUT2D eigenvalue weighted by molar-refractivity contribution is 7.16. The molecule has 1 aliphatic carbocycles. The first-order valence-corrected chi connectivity index (χ1v) is 9.43. The molecule has 2 N–H and O–H groups in total. The Morgan fingerprint density at radius 2 is 1.87 bits per heavy atom. The van der Waals surface area contributed by atoms with Gasteiger partial charge in [0.15, 0.2) is 0 Å². The van der Waals surface area contributed by atoms with E-state index in [9.17, 15) is 4.79 Å². The van der Waals surface area contributed by atoms with E-state index in [-0.39, 0.29) is 12.1 Å². The monoisotopic (exact) mass is 358 g/mol. The lowest BCUT2D eigenvalue weighted by Gasteiger charge is -2.32. The van der Waals surface area contributed by atoms with Gasteiger partial charge in [-0.1, -0.05) is 11.6 Å². The molecule has 130 valence electrons. The van der Waals surface area contributed by atoms with E-state index >= 15 is 0 Å². The van der Waals surface area contributed by atoms with Crippen molar-refractivity contribution < 1.29 is 9.53 Å². The Kier molecular flexibility index (Phi) is 6.34. The van der Waals surface area contributed by atoms with Crippen LogP contribution in [-0.4, -0.2) is 23.8 Å². The average molecular weight is 359 g/mol. The number of hydrogen-bond acceptors (Lipinski definition) is 4. The molecule has 0 aromatic carbocycles. The van der Waals surface area contributed by atoms with Gasteiger partial charge in [-0.05, 0) is 65.5 Å². The second-order valence-electron chi connectivity index (χ2n) is 7.23. The van der Waals surface area contributed by atoms with Crippen LogP contribution in [0.4, 0.5) is 4.79 Å². The van der Waals surface area contributed by atoms with Crippen molar-refractivity contribution in [3.8, 4) is 0 Å². The molecule has 23 heavy (non-hydrogen) atoms. The fourth-order valence-corrected chi connectivity index (χ4v) is 3.95. The number of nitrogens with one attached hydrogen (secondary N) is 2. The molecule has 0 radical (unpaired) electrons. The summed E-state index contributed by atoms with van der Waals surface area (Å²) in [6, 6.07) is 5.05. The molecule has 0 spiro atoms. The summed E-state index contributed by atoms with van der Waals surface area (Å²) in [4.78, 5) is 13.1. The number of hydrogen-bond donors (Lipinski definition) is 2. The summed E-state index contributed by atoms with van der Waals surface area (Å²) in [6.45, 7) is 7.82. The van der Waals surface area contributed by atoms with Gasteiger partial charge in [-0.25, -0.2) is 4.79 Å². The quantitative estimate of drug-likeness (QED) is 0.805. The number of thiophene rings is 1. The minimum Gasteiger partial charge on any atom is -0.444 e. The molecule has 1 amide bonds. The first-order valence-electron chi connectivity index (χ1n) is 8.24. The highest BCUT2D eigenvalue weighted by Gasteiger charge is 2.25. The van der Waals surface area contributed by atoms with Crippen LogP contribution in [0.5, 0.6) is 0 Å². The lowest BCUT2D eigenvalue weighted by atomic mass is 9.91. The van der Waals surface area contributed by atoms with Crippen LogP contribution in [0.1, 0.15) is 64.3 Å². The summed E-state index contributed by atoms with van der Waals surface area (Å²) in [5, 5.41) is 6.65. The van der Waals surface area contributed by atoms with E-state index in [0.29, 0.717) is 12.1 Å². The maximum Gasteiger partial charge on any atom is 0.407 e. The van der Waals surface area contributed by atoms with E-state index in [2.05, 4.69) is 23.6 Å². The van der Waals surface area contributed by atoms with Gasteiger partial charge >= 0.3 is 6.09 Å². The van der Waals surface area contributed by atoms with Crippen molar-refractivity contribution in [1.29, 1.82) is 0 Å². The minimum absolute atomic E-state index is 0.217. The van der Waals surface area contributed by atoms with Crippen molar-refractivity contribution in [2.75, 3.05) is 0 Å². The van der Waals surface area contributed by atoms with Gasteiger partial charge in [-0.3, -0.25) is 0 Å². The molecule has 1 fully saturated rings. The lowest BCUT2D eigenvalue weighted by Crippen LogP contribution is -2.44. The first kappa shape index (κ1) is 18.6. The standard InChI is InChI=1S/C17H27ClN2O2S/c1-11(14-9-10-15(18)23-14)19-12-5-7-13(8-6-12)20-16(21)22-17(2,3)4/h9-13,19H,5-8H2,1-4H3,(H,20,21). The third-order valence-corrected chi connectivity index (χ3v) is 5.37. The molecule has 1 unspecified atom stereocenters. The molecule has 1 atom stereocenters. The van der Waals surface area contributed by atoms with Crippen LogP contribution in [0, 0.1) is 0 Å². The van der Waals surface area contributed by atoms with E-state index in [0.717, 1.165) is 30.0 Å². The summed E-state index contributed by atoms with van der Waals surface area (Å²) in [7, 11) is 0. The zero-order chi connectivity index (χ0) is 17.0. The van der Waals surface area contributed by atoms with Crippen LogP contribution in [0.25, 0.3) is 0 Å². The molecule has 2 rings (SSSR count). The Morgan fingerprint density at radius 1 is 1.26 bits per heavy atom. The molecule has 1 saturated carbocycles. The Labute approximate surface area is 147 Å². The maximum atomic E-state index is 11.8. The van der Waals surface area contributed by atoms with Gasteiger partial charge in [0.2, 0.25) is 0 Å². The topological polar surface area (TPSA) is 50.4 Å². The van der Waals surface area contributed by atoms with E-state index in [1.165, 1.54) is 4.88 Å². The van der Waals surface area contributed by atoms with Crippen LogP contribution in [0.3, 0.4) is 0 Å². The molecule has 1 aliphatic rings. The van der Waals surface area contributed by atoms with Crippen molar-refractivity contribution in [2.24, 2.45) is 0 Å². The van der Waals surface area contributed by atoms with E-state index in [1.807, 2.05) is 26.8 Å². The van der Waals surface area contributed by atoms with Crippen molar-refractivity contribution in [3.63, 3.8) is 0 Å². The fourth-order valence-electron chi connectivity index (χ4n) is 2.88. The molecule has 4 nitrogen and oxygen atoms in total. The fraction of sp³-hybridized carbons (Fsp3) is 0.706. The molecule has 0 aliphatic heterocycles. The largest absolute Gasteiger partial charge is 0.444 e. The molecular formula is C17H27ClN2O2S. The second kappa shape index (κ2) is 7.86. The smallest absolute Gasteiger partial charge is 0.407 e. The number of alkyl carbamates (subject to hydrolysis) is 1. The molecular weight excluding hydrogens is 332 g/mol. The number of carbonyl (C=O) groups excluding carboxylic acids is 1. The van der Waals surface area contributed by atoms with E-state index < -0.39 is 5.60 Å². The zero-order valence-corrected chi connectivity index (χ0v) is 15.9. The Hall–Kier alpha value is -0.780. The zero-order valence-electron chi connectivity index (χ0n) is 14.3. The van der Waals surface area contributed by atoms with Crippen molar-refractivity contribution in [1.82, 2.24) is 10.6 Å². The molecule has 1 aromatic heterocycles. The van der Waals surface area contributed by atoms with Crippen molar-refractivity contribution in [2.45, 2.75) is 77.1 Å². The van der Waals surface area contributed by atoms with E-state index in [4.69, 9.17) is 16.3 Å². The second-order valence-corrected chi connectivity index (χ2v) is 8.97. The van der Waals surface area contributed by atoms with Gasteiger partial charge in [0.25, 0.3) is 0 Å². The Bertz CT molecular complexity index is 519.